The fourth-order valence-corrected chi connectivity index (χ4v) is 5.87. The molecule has 0 heterocycles. The largest absolute Gasteiger partial charge is 0.450 e. The van der Waals surface area contributed by atoms with Crippen molar-refractivity contribution in [3.8, 4) is 0 Å². The summed E-state index contributed by atoms with van der Waals surface area (Å²) in [7, 11) is 0.441. The van der Waals surface area contributed by atoms with E-state index in [1.807, 2.05) is 6.07 Å². The second-order valence-corrected chi connectivity index (χ2v) is 17.9. The molecule has 2 amide bonds. The first-order valence-corrected chi connectivity index (χ1v) is 17.8. The molecule has 1 fully saturated rings. The molecule has 0 spiro atoms. The number of nitrogens with one attached hydrogen (secondary N) is 1. The second-order valence-electron chi connectivity index (χ2n) is 11.8. The minimum absolute atomic E-state index is 0.193. The number of carbonyl (C=O) groups is 2. The standard InChI is InChI=1S/C30H43ClN2O4Si/c1-33(30(36)37-16-17-38(2,3)4)21-27(18-22-10-6-5-7-11-22)32-29(35)25-14-8-12-23(19-25)28(34)24-13-9-15-26(31)20-24/h8-9,12-15,19-20,22,27-28,34H,5-7,10-11,16-18,21H2,1-4H3,(H,32,35)/t27-,28?/m0/s1. The number of carbonyl (C=O) groups excluding carboxylic acids is 2. The van der Waals surface area contributed by atoms with E-state index >= 15 is 0 Å². The number of likely N-dealkylation sites (N-methyl/N-ethyl adjacent to an activating group) is 1. The van der Waals surface area contributed by atoms with Crippen LogP contribution >= 0.6 is 11.6 Å². The fraction of sp³-hybridized carbons (Fsp3) is 0.533. The van der Waals surface area contributed by atoms with E-state index in [0.717, 1.165) is 25.3 Å². The van der Waals surface area contributed by atoms with Gasteiger partial charge in [-0.15, -0.1) is 0 Å². The number of hydrogen-bond acceptors (Lipinski definition) is 4. The average Bonchev–Trinajstić information content (AvgIpc) is 2.88. The lowest BCUT2D eigenvalue weighted by atomic mass is 9.84. The highest BCUT2D eigenvalue weighted by Gasteiger charge is 2.25. The van der Waals surface area contributed by atoms with Gasteiger partial charge < -0.3 is 20.1 Å². The Labute approximate surface area is 233 Å². The smallest absolute Gasteiger partial charge is 0.409 e. The topological polar surface area (TPSA) is 78.9 Å². The zero-order valence-electron chi connectivity index (χ0n) is 23.2. The number of halogens is 1. The summed E-state index contributed by atoms with van der Waals surface area (Å²) in [4.78, 5) is 27.6. The van der Waals surface area contributed by atoms with Gasteiger partial charge in [0.25, 0.3) is 5.91 Å². The summed E-state index contributed by atoms with van der Waals surface area (Å²) < 4.78 is 5.52. The molecule has 0 saturated heterocycles. The van der Waals surface area contributed by atoms with Crippen LogP contribution in [0.4, 0.5) is 4.79 Å². The van der Waals surface area contributed by atoms with E-state index in [0.29, 0.717) is 40.8 Å². The first-order chi connectivity index (χ1) is 18.0. The minimum Gasteiger partial charge on any atom is -0.450 e. The Kier molecular flexibility index (Phi) is 11.2. The van der Waals surface area contributed by atoms with Crippen molar-refractivity contribution in [3.05, 3.63) is 70.2 Å². The van der Waals surface area contributed by atoms with Gasteiger partial charge in [-0.05, 0) is 53.8 Å². The number of amides is 2. The third kappa shape index (κ3) is 9.75. The Balaban J connectivity index is 1.68. The first kappa shape index (κ1) is 30.2. The van der Waals surface area contributed by atoms with E-state index in [-0.39, 0.29) is 18.0 Å². The molecule has 1 saturated carbocycles. The number of aliphatic hydroxyl groups is 1. The van der Waals surface area contributed by atoms with Crippen LogP contribution in [0.1, 0.15) is 66.1 Å². The third-order valence-corrected chi connectivity index (χ3v) is 9.13. The molecule has 1 aliphatic rings. The number of benzene rings is 2. The second kappa shape index (κ2) is 14.2. The maximum atomic E-state index is 13.4. The molecule has 0 aromatic heterocycles. The van der Waals surface area contributed by atoms with E-state index < -0.39 is 14.2 Å². The van der Waals surface area contributed by atoms with Gasteiger partial charge in [0, 0.05) is 38.3 Å². The molecule has 2 atom stereocenters. The van der Waals surface area contributed by atoms with Crippen LogP contribution in [0, 0.1) is 5.92 Å². The van der Waals surface area contributed by atoms with Crippen molar-refractivity contribution < 1.29 is 19.4 Å². The SMILES string of the molecule is CN(C[C@H](CC1CCCCC1)NC(=O)c1cccc(C(O)c2cccc(Cl)c2)c1)C(=O)OCC[Si](C)(C)C. The Morgan fingerprint density at radius 2 is 1.74 bits per heavy atom. The number of ether oxygens (including phenoxy) is 1. The van der Waals surface area contributed by atoms with Gasteiger partial charge in [-0.2, -0.15) is 0 Å². The highest BCUT2D eigenvalue weighted by atomic mass is 35.5. The quantitative estimate of drug-likeness (QED) is 0.294. The molecule has 1 unspecified atom stereocenters. The molecule has 208 valence electrons. The molecule has 38 heavy (non-hydrogen) atoms. The molecule has 6 nitrogen and oxygen atoms in total. The van der Waals surface area contributed by atoms with E-state index in [2.05, 4.69) is 25.0 Å². The first-order valence-electron chi connectivity index (χ1n) is 13.7. The molecule has 3 rings (SSSR count). The van der Waals surface area contributed by atoms with Crippen molar-refractivity contribution in [2.75, 3.05) is 20.2 Å². The predicted molar refractivity (Wildman–Crippen MR) is 157 cm³/mol. The van der Waals surface area contributed by atoms with Crippen LogP contribution in [0.5, 0.6) is 0 Å². The normalized spacial score (nSPS) is 15.9. The molecule has 2 aromatic carbocycles. The summed E-state index contributed by atoms with van der Waals surface area (Å²) in [6, 6.07) is 14.8. The zero-order chi connectivity index (χ0) is 27.7. The van der Waals surface area contributed by atoms with Crippen molar-refractivity contribution in [1.82, 2.24) is 10.2 Å². The molecule has 8 heteroatoms. The van der Waals surface area contributed by atoms with Crippen LogP contribution in [-0.4, -0.2) is 56.3 Å². The van der Waals surface area contributed by atoms with Gasteiger partial charge in [-0.1, -0.05) is 87.6 Å². The summed E-state index contributed by atoms with van der Waals surface area (Å²) in [6.07, 6.45) is 5.57. The number of aliphatic hydroxyl groups excluding tert-OH is 1. The lowest BCUT2D eigenvalue weighted by Crippen LogP contribution is -2.45. The van der Waals surface area contributed by atoms with Crippen molar-refractivity contribution in [3.63, 3.8) is 0 Å². The minimum atomic E-state index is -1.29. The molecule has 2 N–H and O–H groups in total. The lowest BCUT2D eigenvalue weighted by Gasteiger charge is -2.30. The average molecular weight is 559 g/mol. The van der Waals surface area contributed by atoms with Crippen LogP contribution in [-0.2, 0) is 4.74 Å². The Bertz CT molecular complexity index is 1070. The summed E-state index contributed by atoms with van der Waals surface area (Å²) in [5.74, 6) is 0.313. The van der Waals surface area contributed by atoms with Crippen molar-refractivity contribution in [2.24, 2.45) is 5.92 Å². The molecule has 0 radical (unpaired) electrons. The number of rotatable bonds is 11. The Morgan fingerprint density at radius 3 is 2.39 bits per heavy atom. The molecule has 0 bridgehead atoms. The molecule has 1 aliphatic carbocycles. The summed E-state index contributed by atoms with van der Waals surface area (Å²) in [5.41, 5.74) is 1.75. The summed E-state index contributed by atoms with van der Waals surface area (Å²) >= 11 is 6.10. The van der Waals surface area contributed by atoms with Crippen LogP contribution in [0.15, 0.2) is 48.5 Å². The van der Waals surface area contributed by atoms with Crippen LogP contribution < -0.4 is 5.32 Å². The highest BCUT2D eigenvalue weighted by molar-refractivity contribution is 6.76. The van der Waals surface area contributed by atoms with Gasteiger partial charge in [0.1, 0.15) is 6.10 Å². The van der Waals surface area contributed by atoms with Gasteiger partial charge in [0.15, 0.2) is 0 Å². The van der Waals surface area contributed by atoms with Gasteiger partial charge in [0.05, 0.1) is 6.61 Å². The monoisotopic (exact) mass is 558 g/mol. The number of hydrogen-bond donors (Lipinski definition) is 2. The van der Waals surface area contributed by atoms with Gasteiger partial charge >= 0.3 is 6.09 Å². The van der Waals surface area contributed by atoms with Crippen molar-refractivity contribution in [2.45, 2.75) is 76.4 Å². The molecule has 0 aliphatic heterocycles. The van der Waals surface area contributed by atoms with Crippen LogP contribution in [0.3, 0.4) is 0 Å². The van der Waals surface area contributed by atoms with E-state index in [4.69, 9.17) is 16.3 Å². The highest BCUT2D eigenvalue weighted by Crippen LogP contribution is 2.28. The lowest BCUT2D eigenvalue weighted by molar-refractivity contribution is 0.0888. The van der Waals surface area contributed by atoms with Crippen LogP contribution in [0.25, 0.3) is 0 Å². The molecular weight excluding hydrogens is 516 g/mol. The molecular formula is C30H43ClN2O4Si. The summed E-state index contributed by atoms with van der Waals surface area (Å²) in [6.45, 7) is 7.58. The van der Waals surface area contributed by atoms with E-state index in [9.17, 15) is 14.7 Å². The Morgan fingerprint density at radius 1 is 1.08 bits per heavy atom. The van der Waals surface area contributed by atoms with Crippen molar-refractivity contribution in [1.29, 1.82) is 0 Å². The van der Waals surface area contributed by atoms with Gasteiger partial charge in [-0.3, -0.25) is 4.79 Å². The van der Waals surface area contributed by atoms with Crippen molar-refractivity contribution >= 4 is 31.7 Å². The molecule has 2 aromatic rings. The predicted octanol–water partition coefficient (Wildman–Crippen LogP) is 6.90. The van der Waals surface area contributed by atoms with Gasteiger partial charge in [0.2, 0.25) is 0 Å². The maximum absolute atomic E-state index is 13.4. The zero-order valence-corrected chi connectivity index (χ0v) is 25.0. The van der Waals surface area contributed by atoms with Gasteiger partial charge in [-0.25, -0.2) is 4.79 Å². The fourth-order valence-electron chi connectivity index (χ4n) is 4.95. The maximum Gasteiger partial charge on any atom is 0.409 e. The van der Waals surface area contributed by atoms with Crippen LogP contribution in [0.2, 0.25) is 30.7 Å². The Hall–Kier alpha value is -2.35. The number of nitrogens with zero attached hydrogens (tertiary/aromatic N) is 1. The summed E-state index contributed by atoms with van der Waals surface area (Å²) in [5, 5.41) is 14.6. The van der Waals surface area contributed by atoms with E-state index in [1.54, 1.807) is 54.4 Å². The third-order valence-electron chi connectivity index (χ3n) is 7.19. The van der Waals surface area contributed by atoms with E-state index in [1.165, 1.54) is 19.3 Å².